The van der Waals surface area contributed by atoms with Crippen LogP contribution in [-0.2, 0) is 9.59 Å². The van der Waals surface area contributed by atoms with Crippen molar-refractivity contribution in [2.75, 3.05) is 26.7 Å². The fourth-order valence-electron chi connectivity index (χ4n) is 4.81. The number of carbonyl (C=O) groups is 2. The van der Waals surface area contributed by atoms with E-state index in [0.29, 0.717) is 13.1 Å². The minimum atomic E-state index is -0.959. The van der Waals surface area contributed by atoms with Crippen LogP contribution < -0.4 is 20.7 Å². The number of fused-ring (bicyclic) bond motifs is 1. The van der Waals surface area contributed by atoms with Crippen LogP contribution in [0.5, 0.6) is 5.75 Å². The highest BCUT2D eigenvalue weighted by Gasteiger charge is 2.55. The molecular weight excluding hydrogens is 430 g/mol. The summed E-state index contributed by atoms with van der Waals surface area (Å²) in [6, 6.07) is 2.22. The summed E-state index contributed by atoms with van der Waals surface area (Å²) < 4.78 is 32.6. The molecule has 1 aromatic rings. The van der Waals surface area contributed by atoms with E-state index < -0.39 is 29.1 Å². The van der Waals surface area contributed by atoms with Crippen molar-refractivity contribution in [2.45, 2.75) is 64.7 Å². The molecule has 5 atom stereocenters. The fourth-order valence-corrected chi connectivity index (χ4v) is 4.81. The quantitative estimate of drug-likeness (QED) is 0.573. The second-order valence-corrected chi connectivity index (χ2v) is 10.5. The summed E-state index contributed by atoms with van der Waals surface area (Å²) >= 11 is 0. The molecule has 9 heteroatoms. The molecule has 2 saturated heterocycles. The molecule has 184 valence electrons. The molecule has 2 heterocycles. The molecule has 1 aromatic carbocycles. The Morgan fingerprint density at radius 1 is 1.30 bits per heavy atom. The van der Waals surface area contributed by atoms with Crippen molar-refractivity contribution in [3.8, 4) is 5.75 Å². The predicted octanol–water partition coefficient (Wildman–Crippen LogP) is 2.06. The number of likely N-dealkylation sites (N-methyl/N-ethyl adjacent to an activating group) is 1. The number of ether oxygens (including phenoxy) is 1. The van der Waals surface area contributed by atoms with Crippen molar-refractivity contribution in [3.05, 3.63) is 29.8 Å². The molecule has 3 rings (SSSR count). The summed E-state index contributed by atoms with van der Waals surface area (Å²) in [6.07, 6.45) is 0.781. The standard InChI is InChI=1S/C24H36F2N4O3/c1-14(27-6)21(31)29-19(23(2,3)4)22(32)30-10-9-24(5)20(30)15(12-28-24)13-33-16-7-8-17(25)18(26)11-16/h7-8,11,14-15,19-20,27-28H,9-10,12-13H2,1-6H3,(H,29,31). The maximum Gasteiger partial charge on any atom is 0.246 e. The van der Waals surface area contributed by atoms with E-state index in [1.807, 2.05) is 25.7 Å². The lowest BCUT2D eigenvalue weighted by Crippen LogP contribution is -2.60. The molecule has 0 radical (unpaired) electrons. The second kappa shape index (κ2) is 9.54. The van der Waals surface area contributed by atoms with E-state index in [-0.39, 0.29) is 41.7 Å². The van der Waals surface area contributed by atoms with Crippen LogP contribution in [-0.4, -0.2) is 67.1 Å². The van der Waals surface area contributed by atoms with E-state index in [9.17, 15) is 18.4 Å². The Kier molecular flexibility index (Phi) is 7.33. The highest BCUT2D eigenvalue weighted by atomic mass is 19.2. The van der Waals surface area contributed by atoms with Crippen LogP contribution in [0.2, 0.25) is 0 Å². The van der Waals surface area contributed by atoms with Crippen LogP contribution in [0, 0.1) is 23.0 Å². The maximum atomic E-state index is 13.8. The topological polar surface area (TPSA) is 82.7 Å². The first-order valence-electron chi connectivity index (χ1n) is 11.5. The first-order valence-corrected chi connectivity index (χ1v) is 11.5. The molecule has 0 spiro atoms. The van der Waals surface area contributed by atoms with Crippen molar-refractivity contribution in [3.63, 3.8) is 0 Å². The highest BCUT2D eigenvalue weighted by Crippen LogP contribution is 2.39. The average molecular weight is 467 g/mol. The molecule has 5 unspecified atom stereocenters. The highest BCUT2D eigenvalue weighted by molar-refractivity contribution is 5.90. The number of rotatable bonds is 7. The van der Waals surface area contributed by atoms with Crippen molar-refractivity contribution >= 4 is 11.8 Å². The lowest BCUT2D eigenvalue weighted by Gasteiger charge is -2.38. The van der Waals surface area contributed by atoms with Gasteiger partial charge in [0.15, 0.2) is 11.6 Å². The minimum absolute atomic E-state index is 0.0397. The van der Waals surface area contributed by atoms with Crippen LogP contribution in [0.1, 0.15) is 41.0 Å². The van der Waals surface area contributed by atoms with Crippen LogP contribution in [0.25, 0.3) is 0 Å². The SMILES string of the molecule is CNC(C)C(=O)NC(C(=O)N1CCC2(C)NCC(COc3ccc(F)c(F)c3)C12)C(C)(C)C. The summed E-state index contributed by atoms with van der Waals surface area (Å²) in [7, 11) is 1.70. The first kappa shape index (κ1) is 25.4. The second-order valence-electron chi connectivity index (χ2n) is 10.5. The number of nitrogens with one attached hydrogen (secondary N) is 3. The summed E-state index contributed by atoms with van der Waals surface area (Å²) in [6.45, 7) is 11.1. The number of halogens is 2. The van der Waals surface area contributed by atoms with E-state index in [0.717, 1.165) is 18.6 Å². The smallest absolute Gasteiger partial charge is 0.246 e. The minimum Gasteiger partial charge on any atom is -0.493 e. The van der Waals surface area contributed by atoms with E-state index in [1.165, 1.54) is 6.07 Å². The first-order chi connectivity index (χ1) is 15.4. The zero-order valence-electron chi connectivity index (χ0n) is 20.3. The molecule has 2 fully saturated rings. The average Bonchev–Trinajstić information content (AvgIpc) is 3.25. The lowest BCUT2D eigenvalue weighted by atomic mass is 9.84. The lowest BCUT2D eigenvalue weighted by molar-refractivity contribution is -0.141. The van der Waals surface area contributed by atoms with Gasteiger partial charge in [0.25, 0.3) is 0 Å². The van der Waals surface area contributed by atoms with Gasteiger partial charge in [-0.05, 0) is 44.9 Å². The van der Waals surface area contributed by atoms with Crippen LogP contribution in [0.15, 0.2) is 18.2 Å². The maximum absolute atomic E-state index is 13.8. The molecule has 0 aromatic heterocycles. The van der Waals surface area contributed by atoms with Gasteiger partial charge in [-0.3, -0.25) is 9.59 Å². The molecule has 2 amide bonds. The molecular formula is C24H36F2N4O3. The predicted molar refractivity (Wildman–Crippen MR) is 122 cm³/mol. The van der Waals surface area contributed by atoms with Crippen molar-refractivity contribution in [2.24, 2.45) is 11.3 Å². The summed E-state index contributed by atoms with van der Waals surface area (Å²) in [4.78, 5) is 28.2. The largest absolute Gasteiger partial charge is 0.493 e. The van der Waals surface area contributed by atoms with Gasteiger partial charge >= 0.3 is 0 Å². The molecule has 3 N–H and O–H groups in total. The Bertz CT molecular complexity index is 891. The van der Waals surface area contributed by atoms with E-state index >= 15 is 0 Å². The van der Waals surface area contributed by atoms with Crippen molar-refractivity contribution in [1.82, 2.24) is 20.9 Å². The number of nitrogens with zero attached hydrogens (tertiary/aromatic N) is 1. The molecule has 0 saturated carbocycles. The fraction of sp³-hybridized carbons (Fsp3) is 0.667. The van der Waals surface area contributed by atoms with Crippen molar-refractivity contribution in [1.29, 1.82) is 0 Å². The van der Waals surface area contributed by atoms with Gasteiger partial charge in [0.1, 0.15) is 11.8 Å². The third-order valence-corrected chi connectivity index (χ3v) is 6.94. The van der Waals surface area contributed by atoms with Gasteiger partial charge in [0.05, 0.1) is 18.7 Å². The molecule has 2 aliphatic heterocycles. The van der Waals surface area contributed by atoms with E-state index in [1.54, 1.807) is 14.0 Å². The van der Waals surface area contributed by atoms with Gasteiger partial charge < -0.3 is 25.6 Å². The normalized spacial score (nSPS) is 26.6. The molecule has 0 aliphatic carbocycles. The Balaban J connectivity index is 1.77. The summed E-state index contributed by atoms with van der Waals surface area (Å²) in [5.41, 5.74) is -0.759. The number of benzene rings is 1. The Hall–Kier alpha value is -2.26. The van der Waals surface area contributed by atoms with Crippen LogP contribution >= 0.6 is 0 Å². The van der Waals surface area contributed by atoms with Crippen LogP contribution in [0.3, 0.4) is 0 Å². The van der Waals surface area contributed by atoms with Gasteiger partial charge in [-0.25, -0.2) is 8.78 Å². The van der Waals surface area contributed by atoms with Crippen molar-refractivity contribution < 1.29 is 23.1 Å². The number of hydrogen-bond donors (Lipinski definition) is 3. The van der Waals surface area contributed by atoms with Crippen LogP contribution in [0.4, 0.5) is 8.78 Å². The van der Waals surface area contributed by atoms with E-state index in [2.05, 4.69) is 22.9 Å². The Labute approximate surface area is 194 Å². The Morgan fingerprint density at radius 3 is 2.61 bits per heavy atom. The zero-order valence-corrected chi connectivity index (χ0v) is 20.3. The Morgan fingerprint density at radius 2 is 2.00 bits per heavy atom. The van der Waals surface area contributed by atoms with Gasteiger partial charge in [0.2, 0.25) is 11.8 Å². The van der Waals surface area contributed by atoms with Gasteiger partial charge in [-0.2, -0.15) is 0 Å². The van der Waals surface area contributed by atoms with Gasteiger partial charge in [-0.1, -0.05) is 20.8 Å². The number of carbonyl (C=O) groups excluding carboxylic acids is 2. The number of hydrogen-bond acceptors (Lipinski definition) is 5. The number of likely N-dealkylation sites (tertiary alicyclic amines) is 1. The van der Waals surface area contributed by atoms with E-state index in [4.69, 9.17) is 4.74 Å². The monoisotopic (exact) mass is 466 g/mol. The molecule has 2 aliphatic rings. The molecule has 7 nitrogen and oxygen atoms in total. The van der Waals surface area contributed by atoms with Gasteiger partial charge in [-0.15, -0.1) is 0 Å². The molecule has 33 heavy (non-hydrogen) atoms. The third-order valence-electron chi connectivity index (χ3n) is 6.94. The summed E-state index contributed by atoms with van der Waals surface area (Å²) in [5, 5.41) is 9.37. The molecule has 0 bridgehead atoms. The zero-order chi connectivity index (χ0) is 24.6. The summed E-state index contributed by atoms with van der Waals surface area (Å²) in [5.74, 6) is -2.02. The van der Waals surface area contributed by atoms with Gasteiger partial charge in [0, 0.05) is 30.6 Å². The third kappa shape index (κ3) is 5.30. The number of amides is 2.